The van der Waals surface area contributed by atoms with Crippen LogP contribution in [0.25, 0.3) is 17.4 Å². The van der Waals surface area contributed by atoms with Gasteiger partial charge in [0.1, 0.15) is 18.2 Å². The molecule has 0 saturated carbocycles. The first kappa shape index (κ1) is 28.4. The van der Waals surface area contributed by atoms with Crippen LogP contribution in [0, 0.1) is 17.6 Å². The molecule has 5 heterocycles. The number of piperidine rings is 1. The van der Waals surface area contributed by atoms with Crippen LogP contribution in [0.3, 0.4) is 0 Å². The third-order valence-corrected chi connectivity index (χ3v) is 8.37. The largest absolute Gasteiger partial charge is 0.616 e. The van der Waals surface area contributed by atoms with Crippen molar-refractivity contribution in [2.75, 3.05) is 80.0 Å². The summed E-state index contributed by atoms with van der Waals surface area (Å²) >= 11 is -1.05. The van der Waals surface area contributed by atoms with Crippen molar-refractivity contribution in [1.29, 1.82) is 0 Å². The zero-order chi connectivity index (χ0) is 29.2. The van der Waals surface area contributed by atoms with Crippen molar-refractivity contribution in [2.45, 2.75) is 12.8 Å². The number of aromatic nitrogens is 5. The summed E-state index contributed by atoms with van der Waals surface area (Å²) in [5, 5.41) is 4.37. The lowest BCUT2D eigenvalue weighted by atomic mass is 9.97. The number of fused-ring (bicyclic) bond motifs is 1. The summed E-state index contributed by atoms with van der Waals surface area (Å²) in [6.07, 6.45) is 5.19. The van der Waals surface area contributed by atoms with Gasteiger partial charge >= 0.3 is 0 Å². The number of halogens is 2. The van der Waals surface area contributed by atoms with Crippen molar-refractivity contribution in [3.8, 4) is 17.3 Å². The van der Waals surface area contributed by atoms with Crippen LogP contribution in [0.1, 0.15) is 12.8 Å². The number of nitrogens with zero attached hydrogens (tertiary/aromatic N) is 8. The first-order valence-electron chi connectivity index (χ1n) is 13.9. The second-order valence-corrected chi connectivity index (χ2v) is 12.2. The first-order chi connectivity index (χ1) is 20.3. The topological polar surface area (TPSA) is 137 Å². The van der Waals surface area contributed by atoms with Gasteiger partial charge in [0.15, 0.2) is 17.3 Å². The SMILES string of the molecule is C[S+]([O-])CCOc1cc(N2CCN(C[C@H]3CCCN(c4nc(N)n5nc(-c6ccco6)nc5n4)C3)CC2)c(F)cc1F. The summed E-state index contributed by atoms with van der Waals surface area (Å²) < 4.78 is 52.5. The lowest BCUT2D eigenvalue weighted by Crippen LogP contribution is -2.50. The highest BCUT2D eigenvalue weighted by molar-refractivity contribution is 7.90. The molecule has 0 aliphatic carbocycles. The average Bonchev–Trinajstić information content (AvgIpc) is 3.66. The third-order valence-electron chi connectivity index (χ3n) is 7.62. The zero-order valence-corrected chi connectivity index (χ0v) is 24.1. The van der Waals surface area contributed by atoms with E-state index < -0.39 is 22.8 Å². The van der Waals surface area contributed by atoms with E-state index in [2.05, 4.69) is 29.9 Å². The Morgan fingerprint density at radius 3 is 2.69 bits per heavy atom. The molecule has 1 aromatic carbocycles. The van der Waals surface area contributed by atoms with Crippen LogP contribution >= 0.6 is 0 Å². The van der Waals surface area contributed by atoms with Crippen molar-refractivity contribution in [2.24, 2.45) is 5.92 Å². The predicted octanol–water partition coefficient (Wildman–Crippen LogP) is 2.44. The van der Waals surface area contributed by atoms with Crippen molar-refractivity contribution in [1.82, 2.24) is 29.5 Å². The molecule has 4 aromatic rings. The number of rotatable bonds is 9. The maximum absolute atomic E-state index is 14.7. The molecule has 2 atom stereocenters. The Labute approximate surface area is 244 Å². The van der Waals surface area contributed by atoms with Crippen LogP contribution in [-0.4, -0.2) is 98.4 Å². The number of hydrogen-bond donors (Lipinski definition) is 1. The van der Waals surface area contributed by atoms with Gasteiger partial charge in [-0.05, 0) is 30.9 Å². The van der Waals surface area contributed by atoms with Crippen molar-refractivity contribution >= 4 is 34.5 Å². The standard InChI is InChI=1S/C27H33F2N9O3S/c1-42(39)13-12-41-23-15-21(19(28)14-20(23)29)36-9-7-35(8-10-36)16-18-4-2-6-37(17-18)26-32-25(30)38-27(33-26)31-24(34-38)22-5-3-11-40-22/h3,5,11,14-15,18H,2,4,6-10,12-13,16-17H2,1H3,(H2,30,31,32,33,34)/t18-,42?/m1/s1. The molecule has 0 bridgehead atoms. The van der Waals surface area contributed by atoms with Crippen molar-refractivity contribution < 1.29 is 22.5 Å². The quantitative estimate of drug-likeness (QED) is 0.283. The number of benzene rings is 1. The van der Waals surface area contributed by atoms with Gasteiger partial charge in [-0.15, -0.1) is 5.10 Å². The van der Waals surface area contributed by atoms with Gasteiger partial charge in [0.05, 0.1) is 18.2 Å². The molecule has 15 heteroatoms. The van der Waals surface area contributed by atoms with E-state index >= 15 is 0 Å². The highest BCUT2D eigenvalue weighted by atomic mass is 32.2. The van der Waals surface area contributed by atoms with Gasteiger partial charge in [-0.3, -0.25) is 4.90 Å². The predicted molar refractivity (Wildman–Crippen MR) is 155 cm³/mol. The minimum atomic E-state index is -1.05. The normalized spacial score (nSPS) is 19.0. The smallest absolute Gasteiger partial charge is 0.259 e. The van der Waals surface area contributed by atoms with E-state index in [1.165, 1.54) is 10.6 Å². The molecule has 3 aromatic heterocycles. The number of nitrogen functional groups attached to an aromatic ring is 1. The summed E-state index contributed by atoms with van der Waals surface area (Å²) in [5.41, 5.74) is 6.53. The van der Waals surface area contributed by atoms with Crippen LogP contribution in [-0.2, 0) is 11.2 Å². The Morgan fingerprint density at radius 2 is 1.93 bits per heavy atom. The minimum Gasteiger partial charge on any atom is -0.616 e. The molecule has 2 aliphatic heterocycles. The number of piperazine rings is 1. The number of hydrogen-bond acceptors (Lipinski definition) is 11. The zero-order valence-electron chi connectivity index (χ0n) is 23.3. The molecule has 2 saturated heterocycles. The fraction of sp³-hybridized carbons (Fsp3) is 0.481. The Bertz CT molecular complexity index is 1510. The molecule has 2 N–H and O–H groups in total. The van der Waals surface area contributed by atoms with Gasteiger partial charge in [0.25, 0.3) is 5.78 Å². The van der Waals surface area contributed by atoms with E-state index in [-0.39, 0.29) is 24.1 Å². The van der Waals surface area contributed by atoms with E-state index in [0.717, 1.165) is 51.6 Å². The molecule has 42 heavy (non-hydrogen) atoms. The molecular weight excluding hydrogens is 568 g/mol. The van der Waals surface area contributed by atoms with E-state index in [1.807, 2.05) is 4.90 Å². The molecule has 1 unspecified atom stereocenters. The van der Waals surface area contributed by atoms with Gasteiger partial charge in [0, 0.05) is 57.9 Å². The second kappa shape index (κ2) is 12.3. The van der Waals surface area contributed by atoms with Crippen LogP contribution < -0.4 is 20.3 Å². The van der Waals surface area contributed by atoms with Gasteiger partial charge in [-0.2, -0.15) is 19.5 Å². The maximum Gasteiger partial charge on any atom is 0.259 e. The average molecular weight is 602 g/mol. The van der Waals surface area contributed by atoms with Gasteiger partial charge in [-0.25, -0.2) is 8.78 Å². The summed E-state index contributed by atoms with van der Waals surface area (Å²) in [7, 11) is 0. The molecule has 0 radical (unpaired) electrons. The van der Waals surface area contributed by atoms with Gasteiger partial charge < -0.3 is 29.2 Å². The summed E-state index contributed by atoms with van der Waals surface area (Å²) in [4.78, 5) is 20.1. The molecule has 224 valence electrons. The molecule has 12 nitrogen and oxygen atoms in total. The van der Waals surface area contributed by atoms with E-state index in [4.69, 9.17) is 14.9 Å². The number of anilines is 3. The molecule has 0 amide bonds. The van der Waals surface area contributed by atoms with Crippen molar-refractivity contribution in [3.63, 3.8) is 0 Å². The number of furan rings is 1. The van der Waals surface area contributed by atoms with E-state index in [9.17, 15) is 13.3 Å². The highest BCUT2D eigenvalue weighted by Crippen LogP contribution is 2.30. The fourth-order valence-electron chi connectivity index (χ4n) is 5.52. The minimum absolute atomic E-state index is 0.0223. The van der Waals surface area contributed by atoms with Gasteiger partial charge in [0.2, 0.25) is 17.7 Å². The summed E-state index contributed by atoms with van der Waals surface area (Å²) in [6, 6.07) is 5.81. The van der Waals surface area contributed by atoms with E-state index in [1.54, 1.807) is 24.7 Å². The monoisotopic (exact) mass is 601 g/mol. The Kier molecular flexibility index (Phi) is 8.31. The lowest BCUT2D eigenvalue weighted by Gasteiger charge is -2.40. The highest BCUT2D eigenvalue weighted by Gasteiger charge is 2.28. The van der Waals surface area contributed by atoms with Gasteiger partial charge in [-0.1, -0.05) is 11.2 Å². The van der Waals surface area contributed by atoms with Crippen LogP contribution in [0.4, 0.5) is 26.4 Å². The number of ether oxygens (including phenoxy) is 1. The molecule has 6 rings (SSSR count). The number of nitrogens with two attached hydrogens (primary N) is 1. The molecule has 0 spiro atoms. The van der Waals surface area contributed by atoms with Crippen LogP contribution in [0.5, 0.6) is 5.75 Å². The fourth-order valence-corrected chi connectivity index (χ4v) is 5.84. The maximum atomic E-state index is 14.7. The van der Waals surface area contributed by atoms with Crippen molar-refractivity contribution in [3.05, 3.63) is 42.2 Å². The molecule has 2 fully saturated rings. The Hall–Kier alpha value is -3.69. The van der Waals surface area contributed by atoms with Crippen LogP contribution in [0.2, 0.25) is 0 Å². The third kappa shape index (κ3) is 6.22. The summed E-state index contributed by atoms with van der Waals surface area (Å²) in [5.74, 6) is 1.31. The Balaban J connectivity index is 1.06. The molecular formula is C27H33F2N9O3S. The first-order valence-corrected chi connectivity index (χ1v) is 15.6. The Morgan fingerprint density at radius 1 is 1.10 bits per heavy atom. The second-order valence-electron chi connectivity index (χ2n) is 10.6. The lowest BCUT2D eigenvalue weighted by molar-refractivity contribution is 0.205. The summed E-state index contributed by atoms with van der Waals surface area (Å²) in [6.45, 7) is 5.33. The van der Waals surface area contributed by atoms with Crippen LogP contribution in [0.15, 0.2) is 34.9 Å². The molecule has 2 aliphatic rings. The van der Waals surface area contributed by atoms with E-state index in [0.29, 0.717) is 48.0 Å².